The first kappa shape index (κ1) is 32.9. The summed E-state index contributed by atoms with van der Waals surface area (Å²) in [5.74, 6) is -3.33. The standard InChI is InChI=1S/C30H38N8O7/c1-16(2)24-28(42)31-11-12-38(30(44)23-14-21(35-37(23)5)19-9-7-6-8-10-19)15-20-13-22(36-45-20)27(41)34-25(18(4)39)29(43)32-17(3)26(40)33-24/h6-10,13-14,16-18,24-25,39H,11-12,15H2,1-5H3,(H,31,42)(H,32,43)(H,33,40)(H,34,41)/t17-,18+,24-,25-/m0/s1. The van der Waals surface area contributed by atoms with Crippen molar-refractivity contribution >= 4 is 29.5 Å². The molecule has 0 saturated heterocycles. The van der Waals surface area contributed by atoms with Crippen LogP contribution in [0.2, 0.25) is 0 Å². The molecule has 4 atom stereocenters. The third kappa shape index (κ3) is 7.92. The second kappa shape index (κ2) is 14.2. The molecular weight excluding hydrogens is 584 g/mol. The third-order valence-corrected chi connectivity index (χ3v) is 7.33. The predicted molar refractivity (Wildman–Crippen MR) is 160 cm³/mol. The van der Waals surface area contributed by atoms with Crippen molar-refractivity contribution in [3.8, 4) is 11.3 Å². The van der Waals surface area contributed by atoms with Crippen molar-refractivity contribution in [2.45, 2.75) is 58.5 Å². The maximum atomic E-state index is 13.8. The van der Waals surface area contributed by atoms with Gasteiger partial charge < -0.3 is 35.8 Å². The number of hydrogen-bond acceptors (Lipinski definition) is 9. The molecule has 2 aromatic heterocycles. The van der Waals surface area contributed by atoms with Crippen molar-refractivity contribution in [2.75, 3.05) is 13.1 Å². The van der Waals surface area contributed by atoms with E-state index in [-0.39, 0.29) is 42.7 Å². The van der Waals surface area contributed by atoms with Crippen LogP contribution in [-0.2, 0) is 28.0 Å². The van der Waals surface area contributed by atoms with Crippen LogP contribution in [0.25, 0.3) is 11.3 Å². The molecule has 2 bridgehead atoms. The molecule has 0 aliphatic carbocycles. The lowest BCUT2D eigenvalue weighted by atomic mass is 10.0. The molecule has 3 heterocycles. The number of aliphatic hydroxyl groups is 1. The lowest BCUT2D eigenvalue weighted by molar-refractivity contribution is -0.133. The van der Waals surface area contributed by atoms with E-state index >= 15 is 0 Å². The summed E-state index contributed by atoms with van der Waals surface area (Å²) in [6.07, 6.45) is -1.33. The van der Waals surface area contributed by atoms with E-state index in [1.165, 1.54) is 29.5 Å². The summed E-state index contributed by atoms with van der Waals surface area (Å²) >= 11 is 0. The fourth-order valence-corrected chi connectivity index (χ4v) is 4.74. The van der Waals surface area contributed by atoms with Gasteiger partial charge in [0.15, 0.2) is 11.5 Å². The number of aliphatic hydroxyl groups excluding tert-OH is 1. The Bertz CT molecular complexity index is 1550. The van der Waals surface area contributed by atoms with Gasteiger partial charge in [-0.15, -0.1) is 0 Å². The lowest BCUT2D eigenvalue weighted by Crippen LogP contribution is -2.58. The first-order valence-corrected chi connectivity index (χ1v) is 14.6. The largest absolute Gasteiger partial charge is 0.391 e. The van der Waals surface area contributed by atoms with Crippen molar-refractivity contribution in [1.82, 2.24) is 41.1 Å². The number of amides is 5. The molecule has 15 nitrogen and oxygen atoms in total. The van der Waals surface area contributed by atoms with Crippen LogP contribution in [0.1, 0.15) is 54.4 Å². The van der Waals surface area contributed by atoms with Crippen molar-refractivity contribution in [3.05, 3.63) is 59.6 Å². The zero-order valence-corrected chi connectivity index (χ0v) is 25.7. The molecular formula is C30H38N8O7. The van der Waals surface area contributed by atoms with Gasteiger partial charge in [-0.25, -0.2) is 0 Å². The summed E-state index contributed by atoms with van der Waals surface area (Å²) in [4.78, 5) is 67.2. The Morgan fingerprint density at radius 2 is 1.67 bits per heavy atom. The number of carbonyl (C=O) groups excluding carboxylic acids is 5. The molecule has 4 rings (SSSR count). The van der Waals surface area contributed by atoms with Crippen LogP contribution in [-0.4, -0.2) is 91.8 Å². The van der Waals surface area contributed by atoms with Crippen molar-refractivity contribution in [2.24, 2.45) is 13.0 Å². The normalized spacial score (nSPS) is 21.2. The van der Waals surface area contributed by atoms with Gasteiger partial charge >= 0.3 is 0 Å². The first-order valence-electron chi connectivity index (χ1n) is 14.6. The summed E-state index contributed by atoms with van der Waals surface area (Å²) in [5, 5.41) is 28.8. The van der Waals surface area contributed by atoms with Gasteiger partial charge in [-0.05, 0) is 25.8 Å². The van der Waals surface area contributed by atoms with Crippen LogP contribution in [0.15, 0.2) is 47.0 Å². The molecule has 5 amide bonds. The number of carbonyl (C=O) groups is 5. The second-order valence-electron chi connectivity index (χ2n) is 11.3. The number of hydrogen-bond donors (Lipinski definition) is 5. The monoisotopic (exact) mass is 622 g/mol. The number of aromatic nitrogens is 3. The van der Waals surface area contributed by atoms with Crippen LogP contribution in [0.5, 0.6) is 0 Å². The van der Waals surface area contributed by atoms with Crippen molar-refractivity contribution in [3.63, 3.8) is 0 Å². The highest BCUT2D eigenvalue weighted by Gasteiger charge is 2.32. The maximum Gasteiger partial charge on any atom is 0.274 e. The van der Waals surface area contributed by atoms with Crippen LogP contribution >= 0.6 is 0 Å². The molecule has 3 aromatic rings. The maximum absolute atomic E-state index is 13.8. The Balaban J connectivity index is 1.66. The highest BCUT2D eigenvalue weighted by Crippen LogP contribution is 2.20. The summed E-state index contributed by atoms with van der Waals surface area (Å²) < 4.78 is 6.82. The zero-order valence-electron chi connectivity index (χ0n) is 25.7. The average Bonchev–Trinajstić information content (AvgIpc) is 3.63. The molecule has 5 N–H and O–H groups in total. The molecule has 240 valence electrons. The first-order chi connectivity index (χ1) is 21.3. The topological polar surface area (TPSA) is 201 Å². The number of aryl methyl sites for hydroxylation is 1. The molecule has 15 heteroatoms. The Morgan fingerprint density at radius 1 is 0.956 bits per heavy atom. The number of fused-ring (bicyclic) bond motifs is 2. The molecule has 1 aliphatic rings. The van der Waals surface area contributed by atoms with Gasteiger partial charge in [0.25, 0.3) is 11.8 Å². The Kier molecular flexibility index (Phi) is 10.3. The highest BCUT2D eigenvalue weighted by atomic mass is 16.5. The third-order valence-electron chi connectivity index (χ3n) is 7.33. The molecule has 1 aromatic carbocycles. The number of nitrogens with one attached hydrogen (secondary N) is 4. The van der Waals surface area contributed by atoms with E-state index in [1.807, 2.05) is 30.3 Å². The Labute approximate surface area is 259 Å². The van der Waals surface area contributed by atoms with E-state index in [0.29, 0.717) is 5.69 Å². The van der Waals surface area contributed by atoms with E-state index in [1.54, 1.807) is 27.0 Å². The van der Waals surface area contributed by atoms with Crippen LogP contribution in [0.4, 0.5) is 0 Å². The van der Waals surface area contributed by atoms with E-state index < -0.39 is 53.8 Å². The van der Waals surface area contributed by atoms with E-state index in [2.05, 4.69) is 31.5 Å². The Morgan fingerprint density at radius 3 is 2.33 bits per heavy atom. The smallest absolute Gasteiger partial charge is 0.274 e. The van der Waals surface area contributed by atoms with Gasteiger partial charge in [0.05, 0.1) is 18.3 Å². The Hall–Kier alpha value is -5.05. The van der Waals surface area contributed by atoms with E-state index in [4.69, 9.17) is 4.52 Å². The molecule has 0 saturated carbocycles. The second-order valence-corrected chi connectivity index (χ2v) is 11.3. The minimum Gasteiger partial charge on any atom is -0.391 e. The van der Waals surface area contributed by atoms with Gasteiger partial charge in [-0.2, -0.15) is 5.10 Å². The number of nitrogens with zero attached hydrogens (tertiary/aromatic N) is 4. The van der Waals surface area contributed by atoms with Crippen molar-refractivity contribution in [1.29, 1.82) is 0 Å². The molecule has 0 fully saturated rings. The summed E-state index contributed by atoms with van der Waals surface area (Å²) in [6, 6.07) is 8.85. The van der Waals surface area contributed by atoms with Crippen LogP contribution in [0, 0.1) is 5.92 Å². The molecule has 0 radical (unpaired) electrons. The van der Waals surface area contributed by atoms with Gasteiger partial charge in [0.2, 0.25) is 17.7 Å². The summed E-state index contributed by atoms with van der Waals surface area (Å²) in [7, 11) is 1.65. The van der Waals surface area contributed by atoms with Gasteiger partial charge in [-0.3, -0.25) is 28.7 Å². The molecule has 0 unspecified atom stereocenters. The number of benzene rings is 1. The fourth-order valence-electron chi connectivity index (χ4n) is 4.74. The minimum absolute atomic E-state index is 0.0247. The summed E-state index contributed by atoms with van der Waals surface area (Å²) in [6.45, 7) is 6.16. The van der Waals surface area contributed by atoms with Gasteiger partial charge in [-0.1, -0.05) is 49.3 Å². The average molecular weight is 623 g/mol. The fraction of sp³-hybridized carbons (Fsp3) is 0.433. The minimum atomic E-state index is -1.43. The predicted octanol–water partition coefficient (Wildman–Crippen LogP) is -0.0280. The molecule has 1 aliphatic heterocycles. The molecule has 0 spiro atoms. The van der Waals surface area contributed by atoms with Gasteiger partial charge in [0.1, 0.15) is 23.8 Å². The van der Waals surface area contributed by atoms with Crippen LogP contribution < -0.4 is 21.3 Å². The van der Waals surface area contributed by atoms with Crippen molar-refractivity contribution < 1.29 is 33.6 Å². The SMILES string of the molecule is CC(C)[C@@H]1NC(=O)[C@H](C)NC(=O)[C@H]([C@@H](C)O)NC(=O)c2cc(on2)CN(C(=O)c2cc(-c3ccccc3)nn2C)CCNC1=O. The number of rotatable bonds is 4. The van der Waals surface area contributed by atoms with E-state index in [9.17, 15) is 29.1 Å². The van der Waals surface area contributed by atoms with Gasteiger partial charge in [0, 0.05) is 31.8 Å². The van der Waals surface area contributed by atoms with E-state index in [0.717, 1.165) is 5.56 Å². The zero-order chi connectivity index (χ0) is 32.8. The lowest BCUT2D eigenvalue weighted by Gasteiger charge is -2.26. The summed E-state index contributed by atoms with van der Waals surface area (Å²) in [5.41, 5.74) is 1.50. The molecule has 45 heavy (non-hydrogen) atoms. The highest BCUT2D eigenvalue weighted by molar-refractivity contribution is 5.98. The quantitative estimate of drug-likeness (QED) is 0.265. The van der Waals surface area contributed by atoms with Crippen LogP contribution in [0.3, 0.4) is 0 Å².